The highest BCUT2D eigenvalue weighted by atomic mass is 32.1. The Balaban J connectivity index is 0.000000293. The van der Waals surface area contributed by atoms with Gasteiger partial charge in [-0.05, 0) is 69.2 Å². The Morgan fingerprint density at radius 1 is 0.649 bits per heavy atom. The zero-order valence-corrected chi connectivity index (χ0v) is 44.3. The predicted octanol–water partition coefficient (Wildman–Crippen LogP) is 4.23. The molecule has 0 bridgehead atoms. The number of rotatable bonds is 1. The fourth-order valence-electron chi connectivity index (χ4n) is 4.42. The Hall–Kier alpha value is -9.72. The molecule has 0 radical (unpaired) electrons. The summed E-state index contributed by atoms with van der Waals surface area (Å²) in [5.74, 6) is 2.98. The van der Waals surface area contributed by atoms with Gasteiger partial charge in [-0.1, -0.05) is 10.3 Å². The molecule has 29 nitrogen and oxygen atoms in total. The molecule has 1 aliphatic carbocycles. The summed E-state index contributed by atoms with van der Waals surface area (Å²) in [7, 11) is 1.83. The van der Waals surface area contributed by atoms with Gasteiger partial charge in [0.25, 0.3) is 6.01 Å². The molecular formula is C46H67N25O4S2. The number of aromatic nitrogens is 13. The molecule has 0 spiro atoms. The monoisotopic (exact) mass is 1100 g/mol. The Labute approximate surface area is 452 Å². The van der Waals surface area contributed by atoms with Gasteiger partial charge >= 0.3 is 0 Å². The lowest BCUT2D eigenvalue weighted by Gasteiger charge is -2.28. The highest BCUT2D eigenvalue weighted by Crippen LogP contribution is 2.17. The standard InChI is InChI=1S/C10H14N2O.C4H7N3.3C4H5N3.C4H6N2O.C4H6N2S.2C3H4N2O.C3H4N2S.C3H7N/c11-9-1-3-10(4-2-9)12-5-7-13-8-6-12;1-7-3-4(5)2-6-7;5-4-3-6-1-2-7-4;5-4-1-2-6-3-7-4;5-4-2-1-3-6-7-4;1-3-2-4(5)6-7-3;1-3-2-7-4(5)6-3;4-3-5-1-2-6-3;4-3-1-2-5-6-3;4-3-5-1-2-6-3;4-3-1-2-3/h1-4H,5-8,11H2;2-3H,5H2,1H3;1-3H,(H2,5,7);1-3H,(H2,5,6,7);1-3H,(H2,5,7);2*2H,1H3,(H2,5,6);1-2H,(H2,4,5);1-2H,4H2;1-2H,(H2,4,5);3H,1-2,4H2. The first-order valence-corrected chi connectivity index (χ1v) is 24.3. The second-order valence-corrected chi connectivity index (χ2v) is 16.5. The van der Waals surface area contributed by atoms with Crippen LogP contribution in [0, 0.1) is 13.8 Å². The Kier molecular flexibility index (Phi) is 32.0. The molecule has 1 saturated heterocycles. The van der Waals surface area contributed by atoms with E-state index in [9.17, 15) is 0 Å². The molecule has 0 unspecified atom stereocenters. The number of anilines is 11. The van der Waals surface area contributed by atoms with Gasteiger partial charge in [-0.25, -0.2) is 29.9 Å². The van der Waals surface area contributed by atoms with Gasteiger partial charge in [0, 0.05) is 97.6 Å². The van der Waals surface area contributed by atoms with Crippen molar-refractivity contribution in [3.8, 4) is 0 Å². The molecule has 1 aliphatic heterocycles. The maximum atomic E-state index is 5.61. The number of nitrogens with two attached hydrogens (primary N) is 11. The molecule has 77 heavy (non-hydrogen) atoms. The van der Waals surface area contributed by atoms with Crippen LogP contribution in [0.3, 0.4) is 0 Å². The molecule has 2 fully saturated rings. The van der Waals surface area contributed by atoms with Crippen LogP contribution in [0.15, 0.2) is 153 Å². The van der Waals surface area contributed by atoms with E-state index >= 15 is 0 Å². The number of nitrogens with zero attached hydrogens (tertiary/aromatic N) is 14. The summed E-state index contributed by atoms with van der Waals surface area (Å²) in [5, 5.41) is 22.6. The fraction of sp³-hybridized carbons (Fsp3) is 0.217. The summed E-state index contributed by atoms with van der Waals surface area (Å²) in [6.07, 6.45) is 21.2. The fourth-order valence-corrected chi connectivity index (χ4v) is 5.34. The summed E-state index contributed by atoms with van der Waals surface area (Å²) in [5.41, 5.74) is 61.2. The second kappa shape index (κ2) is 38.8. The van der Waals surface area contributed by atoms with Crippen molar-refractivity contribution in [1.82, 2.24) is 65.2 Å². The largest absolute Gasteiger partial charge is 0.432 e. The van der Waals surface area contributed by atoms with E-state index in [2.05, 4.69) is 91.0 Å². The minimum atomic E-state index is 0.218. The van der Waals surface area contributed by atoms with Crippen LogP contribution in [0.25, 0.3) is 0 Å². The number of nitrogen functional groups attached to an aromatic ring is 10. The lowest BCUT2D eigenvalue weighted by atomic mass is 10.2. The van der Waals surface area contributed by atoms with Crippen LogP contribution < -0.4 is 68.0 Å². The molecule has 1 aromatic carbocycles. The van der Waals surface area contributed by atoms with Crippen molar-refractivity contribution >= 4 is 85.2 Å². The van der Waals surface area contributed by atoms with Gasteiger partial charge in [-0.2, -0.15) is 10.2 Å². The van der Waals surface area contributed by atoms with Crippen LogP contribution in [0.2, 0.25) is 0 Å². The Morgan fingerprint density at radius 2 is 1.39 bits per heavy atom. The molecule has 412 valence electrons. The Bertz CT molecular complexity index is 2550. The van der Waals surface area contributed by atoms with Gasteiger partial charge in [-0.15, -0.1) is 27.8 Å². The van der Waals surface area contributed by atoms with E-state index in [0.29, 0.717) is 51.1 Å². The number of ether oxygens (including phenoxy) is 1. The minimum absolute atomic E-state index is 0.218. The van der Waals surface area contributed by atoms with Crippen LogP contribution in [0.4, 0.5) is 62.5 Å². The molecule has 22 N–H and O–H groups in total. The highest BCUT2D eigenvalue weighted by molar-refractivity contribution is 7.13. The third-order valence-electron chi connectivity index (χ3n) is 8.04. The number of oxazole rings is 1. The van der Waals surface area contributed by atoms with Crippen LogP contribution >= 0.6 is 22.7 Å². The van der Waals surface area contributed by atoms with E-state index in [0.717, 1.165) is 43.4 Å². The summed E-state index contributed by atoms with van der Waals surface area (Å²) in [6.45, 7) is 7.32. The quantitative estimate of drug-likeness (QED) is 0.102. The summed E-state index contributed by atoms with van der Waals surface area (Å²) in [4.78, 5) is 28.1. The van der Waals surface area contributed by atoms with E-state index in [1.165, 1.54) is 72.4 Å². The Morgan fingerprint density at radius 3 is 1.65 bits per heavy atom. The molecule has 10 aromatic rings. The van der Waals surface area contributed by atoms with Gasteiger partial charge in [0.05, 0.1) is 49.4 Å². The summed E-state index contributed by atoms with van der Waals surface area (Å²) < 4.78 is 20.4. The minimum Gasteiger partial charge on any atom is -0.432 e. The van der Waals surface area contributed by atoms with E-state index in [4.69, 9.17) is 67.8 Å². The number of thiazole rings is 2. The lowest BCUT2D eigenvalue weighted by molar-refractivity contribution is 0.122. The molecule has 0 atom stereocenters. The topological polar surface area (TPSA) is 498 Å². The normalized spacial score (nSPS) is 11.2. The van der Waals surface area contributed by atoms with E-state index in [1.54, 1.807) is 85.3 Å². The predicted molar refractivity (Wildman–Crippen MR) is 303 cm³/mol. The molecular weight excluding hydrogens is 1030 g/mol. The zero-order chi connectivity index (χ0) is 56.5. The van der Waals surface area contributed by atoms with Gasteiger partial charge in [0.1, 0.15) is 35.8 Å². The van der Waals surface area contributed by atoms with Gasteiger partial charge in [-0.3, -0.25) is 9.67 Å². The molecule has 31 heteroatoms. The maximum absolute atomic E-state index is 5.61. The van der Waals surface area contributed by atoms with Crippen molar-refractivity contribution in [2.75, 3.05) is 88.5 Å². The second-order valence-electron chi connectivity index (χ2n) is 14.7. The van der Waals surface area contributed by atoms with Crippen molar-refractivity contribution in [2.45, 2.75) is 32.7 Å². The smallest absolute Gasteiger partial charge is 0.291 e. The first kappa shape index (κ1) is 63.4. The summed E-state index contributed by atoms with van der Waals surface area (Å²) in [6, 6.07) is 17.1. The molecule has 2 aliphatic rings. The van der Waals surface area contributed by atoms with Gasteiger partial charge in [0.2, 0.25) is 5.88 Å². The summed E-state index contributed by atoms with van der Waals surface area (Å²) >= 11 is 2.92. The van der Waals surface area contributed by atoms with Crippen molar-refractivity contribution in [3.05, 3.63) is 151 Å². The molecule has 12 rings (SSSR count). The van der Waals surface area contributed by atoms with Gasteiger partial charge in [0.15, 0.2) is 16.1 Å². The third kappa shape index (κ3) is 36.0. The van der Waals surface area contributed by atoms with Crippen molar-refractivity contribution in [1.29, 1.82) is 0 Å². The van der Waals surface area contributed by atoms with Crippen LogP contribution in [0.1, 0.15) is 24.3 Å². The first-order valence-electron chi connectivity index (χ1n) is 22.6. The van der Waals surface area contributed by atoms with Crippen molar-refractivity contribution in [2.24, 2.45) is 12.8 Å². The molecule has 10 heterocycles. The number of morpholine rings is 1. The average molecular weight is 1100 g/mol. The van der Waals surface area contributed by atoms with Crippen LogP contribution in [0.5, 0.6) is 0 Å². The average Bonchev–Trinajstić information content (AvgIpc) is 4.17. The maximum Gasteiger partial charge on any atom is 0.291 e. The van der Waals surface area contributed by atoms with E-state index in [-0.39, 0.29) is 6.01 Å². The molecule has 0 amide bonds. The SMILES string of the molecule is Cc1cc(N)no1.Cc1csc(N)n1.Cn1cc(N)cn1.NC1CC1.Nc1ccc(N2CCOCC2)cc1.Nc1cccnn1.Nc1ccncn1.Nc1ccno1.Nc1cnccn1.Nc1ncco1.Nc1nccs1. The van der Waals surface area contributed by atoms with Crippen molar-refractivity contribution in [3.63, 3.8) is 0 Å². The van der Waals surface area contributed by atoms with Crippen LogP contribution in [-0.4, -0.2) is 97.5 Å². The molecule has 9 aromatic heterocycles. The van der Waals surface area contributed by atoms with E-state index in [1.807, 2.05) is 36.9 Å². The lowest BCUT2D eigenvalue weighted by Crippen LogP contribution is -2.36. The molecule has 1 saturated carbocycles. The first-order chi connectivity index (χ1) is 37.0. The zero-order valence-electron chi connectivity index (χ0n) is 42.7. The van der Waals surface area contributed by atoms with Crippen LogP contribution in [-0.2, 0) is 11.8 Å². The van der Waals surface area contributed by atoms with E-state index < -0.39 is 0 Å². The number of hydrogen-bond donors (Lipinski definition) is 11. The number of aryl methyl sites for hydroxylation is 3. The van der Waals surface area contributed by atoms with Crippen molar-refractivity contribution < 1.29 is 18.2 Å². The van der Waals surface area contributed by atoms with Gasteiger partial charge < -0.3 is 86.2 Å². The highest BCUT2D eigenvalue weighted by Gasteiger charge is 2.13. The number of benzene rings is 1. The number of hydrogen-bond acceptors (Lipinski definition) is 30. The third-order valence-corrected chi connectivity index (χ3v) is 9.44.